The third-order valence-corrected chi connectivity index (χ3v) is 4.52. The number of nitrogens with zero attached hydrogens (tertiary/aromatic N) is 1. The van der Waals surface area contributed by atoms with Crippen LogP contribution >= 0.6 is 0 Å². The molecule has 1 atom stereocenters. The molecule has 122 valence electrons. The van der Waals surface area contributed by atoms with Crippen LogP contribution in [0.4, 0.5) is 10.1 Å². The summed E-state index contributed by atoms with van der Waals surface area (Å²) in [6.45, 7) is 0. The summed E-state index contributed by atoms with van der Waals surface area (Å²) in [5.41, 5.74) is 1.12. The highest BCUT2D eigenvalue weighted by Gasteiger charge is 2.28. The topological polar surface area (TPSA) is 66.5 Å². The average Bonchev–Trinajstić information content (AvgIpc) is 2.53. The van der Waals surface area contributed by atoms with Gasteiger partial charge in [-0.15, -0.1) is 0 Å². The minimum absolute atomic E-state index is 0.397. The van der Waals surface area contributed by atoms with Gasteiger partial charge < -0.3 is 5.32 Å². The second-order valence-corrected chi connectivity index (χ2v) is 7.08. The molecule has 0 aliphatic rings. The molecule has 0 saturated carbocycles. The zero-order valence-corrected chi connectivity index (χ0v) is 13.5. The molecule has 0 fully saturated rings. The Morgan fingerprint density at radius 2 is 1.65 bits per heavy atom. The van der Waals surface area contributed by atoms with E-state index in [1.165, 1.54) is 31.3 Å². The van der Waals surface area contributed by atoms with Gasteiger partial charge in [0.2, 0.25) is 10.0 Å². The summed E-state index contributed by atoms with van der Waals surface area (Å²) >= 11 is 0. The van der Waals surface area contributed by atoms with E-state index in [2.05, 4.69) is 5.32 Å². The van der Waals surface area contributed by atoms with Crippen molar-refractivity contribution in [3.63, 3.8) is 0 Å². The van der Waals surface area contributed by atoms with E-state index in [1.807, 2.05) is 0 Å². The van der Waals surface area contributed by atoms with Gasteiger partial charge in [-0.05, 0) is 29.8 Å². The number of halogens is 1. The number of sulfonamides is 1. The van der Waals surface area contributed by atoms with Crippen molar-refractivity contribution in [1.82, 2.24) is 4.31 Å². The van der Waals surface area contributed by atoms with Gasteiger partial charge in [-0.3, -0.25) is 4.79 Å². The zero-order chi connectivity index (χ0) is 17.0. The number of anilines is 1. The lowest BCUT2D eigenvalue weighted by Crippen LogP contribution is -2.38. The van der Waals surface area contributed by atoms with Crippen LogP contribution in [0.25, 0.3) is 0 Å². The molecule has 1 amide bonds. The largest absolute Gasteiger partial charge is 0.370 e. The van der Waals surface area contributed by atoms with E-state index in [9.17, 15) is 17.6 Å². The molecule has 0 aliphatic heterocycles. The molecule has 5 nitrogen and oxygen atoms in total. The van der Waals surface area contributed by atoms with E-state index in [1.54, 1.807) is 30.3 Å². The summed E-state index contributed by atoms with van der Waals surface area (Å²) < 4.78 is 37.0. The number of likely N-dealkylation sites (N-methyl/N-ethyl adjacent to an activating group) is 1. The van der Waals surface area contributed by atoms with Gasteiger partial charge in [0.25, 0.3) is 5.91 Å². The highest BCUT2D eigenvalue weighted by Crippen LogP contribution is 2.22. The lowest BCUT2D eigenvalue weighted by Gasteiger charge is -2.24. The summed E-state index contributed by atoms with van der Waals surface area (Å²) in [6, 6.07) is 13.3. The Labute approximate surface area is 134 Å². The fraction of sp³-hybridized carbons (Fsp3) is 0.188. The Bertz CT molecular complexity index is 777. The first-order chi connectivity index (χ1) is 10.8. The van der Waals surface area contributed by atoms with Crippen LogP contribution in [-0.2, 0) is 14.8 Å². The molecule has 0 heterocycles. The monoisotopic (exact) mass is 336 g/mol. The molecule has 0 spiro atoms. The van der Waals surface area contributed by atoms with Gasteiger partial charge >= 0.3 is 0 Å². The lowest BCUT2D eigenvalue weighted by molar-refractivity contribution is -0.126. The van der Waals surface area contributed by atoms with Gasteiger partial charge in [0, 0.05) is 12.7 Å². The van der Waals surface area contributed by atoms with E-state index < -0.39 is 27.8 Å². The molecule has 23 heavy (non-hydrogen) atoms. The van der Waals surface area contributed by atoms with E-state index in [-0.39, 0.29) is 0 Å². The normalized spacial score (nSPS) is 12.5. The molecule has 1 unspecified atom stereocenters. The fourth-order valence-corrected chi connectivity index (χ4v) is 2.42. The number of carbonyl (C=O) groups is 1. The van der Waals surface area contributed by atoms with Gasteiger partial charge in [0.1, 0.15) is 11.9 Å². The molecule has 1 N–H and O–H groups in total. The number of hydrogen-bond acceptors (Lipinski definition) is 4. The SMILES string of the molecule is CN(C(=O)C(Nc1ccc(F)cc1)c1ccccc1)S(C)(=O)=O. The van der Waals surface area contributed by atoms with Crippen molar-refractivity contribution in [3.8, 4) is 0 Å². The third kappa shape index (κ3) is 4.29. The smallest absolute Gasteiger partial charge is 0.262 e. The molecular weight excluding hydrogens is 319 g/mol. The van der Waals surface area contributed by atoms with Crippen molar-refractivity contribution < 1.29 is 17.6 Å². The zero-order valence-electron chi connectivity index (χ0n) is 12.7. The first-order valence-electron chi connectivity index (χ1n) is 6.84. The molecule has 2 rings (SSSR count). The third-order valence-electron chi connectivity index (χ3n) is 3.34. The Kier molecular flexibility index (Phi) is 5.00. The second-order valence-electron chi connectivity index (χ2n) is 5.06. The molecule has 0 aromatic heterocycles. The molecule has 7 heteroatoms. The van der Waals surface area contributed by atoms with Crippen LogP contribution in [0, 0.1) is 5.82 Å². The van der Waals surface area contributed by atoms with E-state index in [4.69, 9.17) is 0 Å². The molecule has 2 aromatic carbocycles. The van der Waals surface area contributed by atoms with Gasteiger partial charge in [0.15, 0.2) is 0 Å². The van der Waals surface area contributed by atoms with E-state index >= 15 is 0 Å². The number of nitrogens with one attached hydrogen (secondary N) is 1. The minimum Gasteiger partial charge on any atom is -0.370 e. The van der Waals surface area contributed by atoms with E-state index in [0.29, 0.717) is 15.6 Å². The summed E-state index contributed by atoms with van der Waals surface area (Å²) in [5.74, 6) is -1.02. The summed E-state index contributed by atoms with van der Waals surface area (Å²) in [4.78, 5) is 12.6. The van der Waals surface area contributed by atoms with Gasteiger partial charge in [0.05, 0.1) is 6.26 Å². The van der Waals surface area contributed by atoms with Crippen molar-refractivity contribution in [2.75, 3.05) is 18.6 Å². The highest BCUT2D eigenvalue weighted by molar-refractivity contribution is 7.88. The Balaban J connectivity index is 2.36. The van der Waals surface area contributed by atoms with E-state index in [0.717, 1.165) is 6.26 Å². The van der Waals surface area contributed by atoms with Gasteiger partial charge in [-0.25, -0.2) is 17.1 Å². The van der Waals surface area contributed by atoms with Crippen molar-refractivity contribution in [3.05, 3.63) is 66.0 Å². The predicted molar refractivity (Wildman–Crippen MR) is 86.8 cm³/mol. The summed E-state index contributed by atoms with van der Waals surface area (Å²) in [5, 5.41) is 2.95. The maximum atomic E-state index is 13.0. The van der Waals surface area contributed by atoms with Crippen LogP contribution in [-0.4, -0.2) is 31.9 Å². The standard InChI is InChI=1S/C16H17FN2O3S/c1-19(23(2,21)22)16(20)15(12-6-4-3-5-7-12)18-14-10-8-13(17)9-11-14/h3-11,15,18H,1-2H3. The number of hydrogen-bond donors (Lipinski definition) is 1. The van der Waals surface area contributed by atoms with Crippen molar-refractivity contribution in [2.45, 2.75) is 6.04 Å². The highest BCUT2D eigenvalue weighted by atomic mass is 32.2. The van der Waals surface area contributed by atoms with Crippen LogP contribution in [0.1, 0.15) is 11.6 Å². The van der Waals surface area contributed by atoms with Crippen LogP contribution in [0.15, 0.2) is 54.6 Å². The molecule has 0 radical (unpaired) electrons. The molecule has 2 aromatic rings. The quantitative estimate of drug-likeness (QED) is 0.910. The van der Waals surface area contributed by atoms with Crippen LogP contribution in [0.2, 0.25) is 0 Å². The Morgan fingerprint density at radius 3 is 2.17 bits per heavy atom. The number of amides is 1. The van der Waals surface area contributed by atoms with Gasteiger partial charge in [-0.2, -0.15) is 0 Å². The number of benzene rings is 2. The van der Waals surface area contributed by atoms with Crippen molar-refractivity contribution in [1.29, 1.82) is 0 Å². The maximum Gasteiger partial charge on any atom is 0.262 e. The molecule has 0 bridgehead atoms. The number of rotatable bonds is 5. The first kappa shape index (κ1) is 17.0. The average molecular weight is 336 g/mol. The molecule has 0 aliphatic carbocycles. The molecule has 0 saturated heterocycles. The van der Waals surface area contributed by atoms with Crippen LogP contribution < -0.4 is 5.32 Å². The minimum atomic E-state index is -3.67. The van der Waals surface area contributed by atoms with Crippen LogP contribution in [0.5, 0.6) is 0 Å². The lowest BCUT2D eigenvalue weighted by atomic mass is 10.1. The predicted octanol–water partition coefficient (Wildman–Crippen LogP) is 2.40. The first-order valence-corrected chi connectivity index (χ1v) is 8.68. The maximum absolute atomic E-state index is 13.0. The van der Waals surface area contributed by atoms with Crippen molar-refractivity contribution in [2.24, 2.45) is 0 Å². The summed E-state index contributed by atoms with van der Waals surface area (Å²) in [6.07, 6.45) is 0.963. The Morgan fingerprint density at radius 1 is 1.09 bits per heavy atom. The summed E-state index contributed by atoms with van der Waals surface area (Å²) in [7, 11) is -2.46. The second kappa shape index (κ2) is 6.78. The molecular formula is C16H17FN2O3S. The number of carbonyl (C=O) groups excluding carboxylic acids is 1. The fourth-order valence-electron chi connectivity index (χ4n) is 1.99. The van der Waals surface area contributed by atoms with Gasteiger partial charge in [-0.1, -0.05) is 30.3 Å². The van der Waals surface area contributed by atoms with Crippen LogP contribution in [0.3, 0.4) is 0 Å². The Hall–Kier alpha value is -2.41. The van der Waals surface area contributed by atoms with Crippen molar-refractivity contribution >= 4 is 21.6 Å².